The molecule has 0 bridgehead atoms. The second kappa shape index (κ2) is 6.35. The van der Waals surface area contributed by atoms with Crippen LogP contribution in [0.3, 0.4) is 0 Å². The molecule has 0 radical (unpaired) electrons. The first kappa shape index (κ1) is 15.9. The highest BCUT2D eigenvalue weighted by Gasteiger charge is 2.32. The number of nitrogens with zero attached hydrogens (tertiary/aromatic N) is 1. The van der Waals surface area contributed by atoms with E-state index < -0.39 is 17.5 Å². The number of hydrogen-bond acceptors (Lipinski definition) is 3. The van der Waals surface area contributed by atoms with E-state index in [9.17, 15) is 13.6 Å². The van der Waals surface area contributed by atoms with Crippen LogP contribution >= 0.6 is 0 Å². The molecule has 1 amide bonds. The van der Waals surface area contributed by atoms with E-state index in [4.69, 9.17) is 9.47 Å². The molecule has 0 aliphatic carbocycles. The Morgan fingerprint density at radius 1 is 1.04 bits per heavy atom. The molecular weight excluding hydrogens is 328 g/mol. The summed E-state index contributed by atoms with van der Waals surface area (Å²) in [5.74, 6) is -0.599. The third kappa shape index (κ3) is 2.92. The minimum Gasteiger partial charge on any atom is -0.486 e. The van der Waals surface area contributed by atoms with Crippen LogP contribution in [0.4, 0.5) is 8.78 Å². The number of benzene rings is 2. The van der Waals surface area contributed by atoms with E-state index >= 15 is 0 Å². The van der Waals surface area contributed by atoms with Crippen LogP contribution < -0.4 is 9.47 Å². The van der Waals surface area contributed by atoms with Crippen molar-refractivity contribution >= 4 is 5.91 Å². The minimum absolute atomic E-state index is 0.106. The molecule has 1 saturated heterocycles. The predicted octanol–water partition coefficient (Wildman–Crippen LogP) is 3.71. The lowest BCUT2D eigenvalue weighted by atomic mass is 10.0. The van der Waals surface area contributed by atoms with Crippen LogP contribution in [0.25, 0.3) is 0 Å². The van der Waals surface area contributed by atoms with Crippen LogP contribution in [0.15, 0.2) is 36.4 Å². The molecule has 4 rings (SSSR count). The topological polar surface area (TPSA) is 38.8 Å². The van der Waals surface area contributed by atoms with E-state index in [0.717, 1.165) is 30.5 Å². The fourth-order valence-electron chi connectivity index (χ4n) is 3.44. The predicted molar refractivity (Wildman–Crippen MR) is 86.8 cm³/mol. The Morgan fingerprint density at radius 2 is 1.84 bits per heavy atom. The number of hydrogen-bond donors (Lipinski definition) is 0. The number of carbonyl (C=O) groups excluding carboxylic acids is 1. The molecule has 25 heavy (non-hydrogen) atoms. The molecule has 2 heterocycles. The van der Waals surface area contributed by atoms with Gasteiger partial charge in [0.25, 0.3) is 5.91 Å². The van der Waals surface area contributed by atoms with Crippen molar-refractivity contribution in [3.8, 4) is 11.5 Å². The van der Waals surface area contributed by atoms with E-state index in [2.05, 4.69) is 0 Å². The van der Waals surface area contributed by atoms with Crippen molar-refractivity contribution in [2.24, 2.45) is 0 Å². The molecule has 1 fully saturated rings. The van der Waals surface area contributed by atoms with Crippen LogP contribution in [0.1, 0.15) is 34.8 Å². The molecule has 0 saturated carbocycles. The van der Waals surface area contributed by atoms with Gasteiger partial charge in [-0.05, 0) is 42.7 Å². The summed E-state index contributed by atoms with van der Waals surface area (Å²) in [4.78, 5) is 14.4. The van der Waals surface area contributed by atoms with Crippen molar-refractivity contribution in [1.29, 1.82) is 0 Å². The van der Waals surface area contributed by atoms with E-state index in [1.807, 2.05) is 18.2 Å². The molecule has 2 aromatic rings. The van der Waals surface area contributed by atoms with Gasteiger partial charge in [-0.1, -0.05) is 6.07 Å². The molecular formula is C19H17F2NO3. The maximum Gasteiger partial charge on any atom is 0.257 e. The summed E-state index contributed by atoms with van der Waals surface area (Å²) < 4.78 is 38.2. The number of fused-ring (bicyclic) bond motifs is 1. The Kier molecular flexibility index (Phi) is 4.03. The molecule has 2 aliphatic rings. The molecule has 0 N–H and O–H groups in total. The van der Waals surface area contributed by atoms with E-state index in [-0.39, 0.29) is 11.6 Å². The molecule has 0 spiro atoms. The van der Waals surface area contributed by atoms with Gasteiger partial charge in [0.15, 0.2) is 11.5 Å². The quantitative estimate of drug-likeness (QED) is 0.833. The van der Waals surface area contributed by atoms with Crippen molar-refractivity contribution in [3.05, 3.63) is 59.2 Å². The fourth-order valence-corrected chi connectivity index (χ4v) is 3.44. The highest BCUT2D eigenvalue weighted by molar-refractivity contribution is 5.95. The summed E-state index contributed by atoms with van der Waals surface area (Å²) in [6, 6.07) is 8.51. The zero-order valence-electron chi connectivity index (χ0n) is 13.5. The van der Waals surface area contributed by atoms with E-state index in [0.29, 0.717) is 31.3 Å². The fraction of sp³-hybridized carbons (Fsp3) is 0.316. The van der Waals surface area contributed by atoms with E-state index in [1.165, 1.54) is 6.07 Å². The van der Waals surface area contributed by atoms with Crippen molar-refractivity contribution in [1.82, 2.24) is 4.90 Å². The number of amides is 1. The van der Waals surface area contributed by atoms with Crippen LogP contribution in [0.2, 0.25) is 0 Å². The van der Waals surface area contributed by atoms with Gasteiger partial charge in [-0.3, -0.25) is 4.79 Å². The summed E-state index contributed by atoms with van der Waals surface area (Å²) in [5.41, 5.74) is 0.823. The van der Waals surface area contributed by atoms with Gasteiger partial charge in [0.1, 0.15) is 24.8 Å². The highest BCUT2D eigenvalue weighted by Crippen LogP contribution is 2.38. The lowest BCUT2D eigenvalue weighted by Gasteiger charge is -2.27. The number of carbonyl (C=O) groups is 1. The Morgan fingerprint density at radius 3 is 2.64 bits per heavy atom. The number of likely N-dealkylation sites (tertiary alicyclic amines) is 1. The second-order valence-corrected chi connectivity index (χ2v) is 6.18. The van der Waals surface area contributed by atoms with Crippen LogP contribution in [-0.2, 0) is 0 Å². The molecule has 2 aliphatic heterocycles. The Labute approximate surface area is 144 Å². The zero-order chi connectivity index (χ0) is 17.4. The number of ether oxygens (including phenoxy) is 2. The van der Waals surface area contributed by atoms with Gasteiger partial charge in [-0.25, -0.2) is 8.78 Å². The third-order valence-electron chi connectivity index (χ3n) is 4.63. The summed E-state index contributed by atoms with van der Waals surface area (Å²) in [7, 11) is 0. The molecule has 6 heteroatoms. The van der Waals surface area contributed by atoms with Gasteiger partial charge in [0.05, 0.1) is 11.6 Å². The maximum absolute atomic E-state index is 14.0. The summed E-state index contributed by atoms with van der Waals surface area (Å²) in [6.07, 6.45) is 1.61. The van der Waals surface area contributed by atoms with Crippen molar-refractivity contribution in [3.63, 3.8) is 0 Å². The lowest BCUT2D eigenvalue weighted by Crippen LogP contribution is -2.31. The SMILES string of the molecule is O=C(c1ccc(F)cc1F)N1CCC[C@H]1c1ccc2c(c1)OCCO2. The maximum atomic E-state index is 14.0. The van der Waals surface area contributed by atoms with Gasteiger partial charge in [0.2, 0.25) is 0 Å². The van der Waals surface area contributed by atoms with Crippen LogP contribution in [0, 0.1) is 11.6 Å². The molecule has 1 atom stereocenters. The monoisotopic (exact) mass is 345 g/mol. The largest absolute Gasteiger partial charge is 0.486 e. The number of halogens is 2. The van der Waals surface area contributed by atoms with Gasteiger partial charge < -0.3 is 14.4 Å². The normalized spacial score (nSPS) is 19.1. The van der Waals surface area contributed by atoms with Crippen molar-refractivity contribution in [2.45, 2.75) is 18.9 Å². The average Bonchev–Trinajstić information content (AvgIpc) is 3.10. The first-order chi connectivity index (χ1) is 12.1. The molecule has 130 valence electrons. The molecule has 0 unspecified atom stereocenters. The van der Waals surface area contributed by atoms with E-state index in [1.54, 1.807) is 4.90 Å². The summed E-state index contributed by atoms with van der Waals surface area (Å²) >= 11 is 0. The Hall–Kier alpha value is -2.63. The standard InChI is InChI=1S/C19H17F2NO3/c20-13-4-5-14(15(21)11-13)19(23)22-7-1-2-16(22)12-3-6-17-18(10-12)25-9-8-24-17/h3-6,10-11,16H,1-2,7-9H2/t16-/m0/s1. The van der Waals surface area contributed by atoms with Crippen LogP contribution in [0.5, 0.6) is 11.5 Å². The molecule has 0 aromatic heterocycles. The molecule has 2 aromatic carbocycles. The Balaban J connectivity index is 1.63. The zero-order valence-corrected chi connectivity index (χ0v) is 13.5. The summed E-state index contributed by atoms with van der Waals surface area (Å²) in [6.45, 7) is 1.55. The van der Waals surface area contributed by atoms with Gasteiger partial charge in [-0.2, -0.15) is 0 Å². The molecule has 4 nitrogen and oxygen atoms in total. The van der Waals surface area contributed by atoms with Crippen LogP contribution in [-0.4, -0.2) is 30.6 Å². The third-order valence-corrected chi connectivity index (χ3v) is 4.63. The van der Waals surface area contributed by atoms with Gasteiger partial charge >= 0.3 is 0 Å². The van der Waals surface area contributed by atoms with Gasteiger partial charge in [0, 0.05) is 12.6 Å². The van der Waals surface area contributed by atoms with Crippen molar-refractivity contribution in [2.75, 3.05) is 19.8 Å². The first-order valence-corrected chi connectivity index (χ1v) is 8.29. The second-order valence-electron chi connectivity index (χ2n) is 6.18. The summed E-state index contributed by atoms with van der Waals surface area (Å²) in [5, 5.41) is 0. The average molecular weight is 345 g/mol. The Bertz CT molecular complexity index is 824. The minimum atomic E-state index is -0.835. The number of rotatable bonds is 2. The van der Waals surface area contributed by atoms with Crippen molar-refractivity contribution < 1.29 is 23.0 Å². The highest BCUT2D eigenvalue weighted by atomic mass is 19.1. The first-order valence-electron chi connectivity index (χ1n) is 8.29. The smallest absolute Gasteiger partial charge is 0.257 e. The van der Waals surface area contributed by atoms with Gasteiger partial charge in [-0.15, -0.1) is 0 Å². The lowest BCUT2D eigenvalue weighted by molar-refractivity contribution is 0.0730.